The number of hydrogen-bond acceptors (Lipinski definition) is 6. The number of nitrogens with one attached hydrogen (secondary N) is 1. The van der Waals surface area contributed by atoms with Gasteiger partial charge in [0.15, 0.2) is 0 Å². The number of fused-ring (bicyclic) bond motifs is 1. The van der Waals surface area contributed by atoms with Crippen molar-refractivity contribution in [2.24, 2.45) is 0 Å². The van der Waals surface area contributed by atoms with E-state index in [4.69, 9.17) is 16.3 Å². The minimum absolute atomic E-state index is 0.259. The van der Waals surface area contributed by atoms with Crippen LogP contribution in [0.3, 0.4) is 0 Å². The first-order valence-electron chi connectivity index (χ1n) is 10.8. The quantitative estimate of drug-likeness (QED) is 0.422. The molecule has 8 heteroatoms. The number of nitrogens with zero attached hydrogens (tertiary/aromatic N) is 4. The van der Waals surface area contributed by atoms with Crippen LogP contribution in [0.25, 0.3) is 22.0 Å². The van der Waals surface area contributed by atoms with E-state index in [0.29, 0.717) is 35.4 Å². The molecule has 2 aromatic heterocycles. The SMILES string of the molecule is C[C@@H](Nc1c(Cl)cnc2ccc(-c3cnc(N4CCOCC4)nc3)cc12)c1ccccc1F. The summed E-state index contributed by atoms with van der Waals surface area (Å²) in [6, 6.07) is 12.4. The van der Waals surface area contributed by atoms with Crippen LogP contribution in [0.1, 0.15) is 18.5 Å². The van der Waals surface area contributed by atoms with Crippen molar-refractivity contribution in [3.8, 4) is 11.1 Å². The lowest BCUT2D eigenvalue weighted by Crippen LogP contribution is -2.37. The van der Waals surface area contributed by atoms with Gasteiger partial charge >= 0.3 is 0 Å². The van der Waals surface area contributed by atoms with Gasteiger partial charge in [0.1, 0.15) is 5.82 Å². The van der Waals surface area contributed by atoms with Crippen LogP contribution in [0.4, 0.5) is 16.0 Å². The zero-order chi connectivity index (χ0) is 22.8. The topological polar surface area (TPSA) is 63.2 Å². The van der Waals surface area contributed by atoms with Crippen LogP contribution in [0.15, 0.2) is 61.1 Å². The molecule has 33 heavy (non-hydrogen) atoms. The predicted molar refractivity (Wildman–Crippen MR) is 129 cm³/mol. The summed E-state index contributed by atoms with van der Waals surface area (Å²) in [6.45, 7) is 4.85. The largest absolute Gasteiger partial charge is 0.378 e. The molecule has 1 aliphatic heterocycles. The molecule has 0 spiro atoms. The number of hydrogen-bond donors (Lipinski definition) is 1. The van der Waals surface area contributed by atoms with Gasteiger partial charge in [-0.3, -0.25) is 4.98 Å². The van der Waals surface area contributed by atoms with E-state index >= 15 is 0 Å². The lowest BCUT2D eigenvalue weighted by molar-refractivity contribution is 0.122. The molecule has 0 amide bonds. The lowest BCUT2D eigenvalue weighted by atomic mass is 10.0. The third-order valence-corrected chi connectivity index (χ3v) is 6.11. The fourth-order valence-electron chi connectivity index (χ4n) is 4.01. The highest BCUT2D eigenvalue weighted by Crippen LogP contribution is 2.35. The second kappa shape index (κ2) is 9.29. The Bertz CT molecular complexity index is 1280. The van der Waals surface area contributed by atoms with Crippen molar-refractivity contribution in [1.82, 2.24) is 15.0 Å². The van der Waals surface area contributed by atoms with Crippen LogP contribution in [0, 0.1) is 5.82 Å². The van der Waals surface area contributed by atoms with Crippen LogP contribution < -0.4 is 10.2 Å². The molecule has 0 saturated carbocycles. The molecule has 0 bridgehead atoms. The Labute approximate surface area is 196 Å². The first-order valence-corrected chi connectivity index (χ1v) is 11.2. The third-order valence-electron chi connectivity index (χ3n) is 5.82. The Hall–Kier alpha value is -3.29. The number of pyridine rings is 1. The fraction of sp³-hybridized carbons (Fsp3) is 0.240. The molecule has 3 heterocycles. The Kier molecular flexibility index (Phi) is 6.07. The van der Waals surface area contributed by atoms with Crippen LogP contribution in [0.5, 0.6) is 0 Å². The van der Waals surface area contributed by atoms with Gasteiger partial charge in [-0.05, 0) is 30.7 Å². The maximum absolute atomic E-state index is 14.3. The van der Waals surface area contributed by atoms with Crippen LogP contribution >= 0.6 is 11.6 Å². The molecular formula is C25H23ClFN5O. The number of anilines is 2. The molecular weight excluding hydrogens is 441 g/mol. The van der Waals surface area contributed by atoms with Crippen molar-refractivity contribution in [2.45, 2.75) is 13.0 Å². The molecule has 6 nitrogen and oxygen atoms in total. The molecule has 0 unspecified atom stereocenters. The van der Waals surface area contributed by atoms with Gasteiger partial charge in [-0.25, -0.2) is 14.4 Å². The summed E-state index contributed by atoms with van der Waals surface area (Å²) in [7, 11) is 0. The Balaban J connectivity index is 1.47. The first-order chi connectivity index (χ1) is 16.1. The second-order valence-electron chi connectivity index (χ2n) is 7.97. The van der Waals surface area contributed by atoms with Crippen LogP contribution in [-0.2, 0) is 4.74 Å². The van der Waals surface area contributed by atoms with E-state index in [1.54, 1.807) is 18.3 Å². The maximum atomic E-state index is 14.3. The van der Waals surface area contributed by atoms with Gasteiger partial charge in [0.05, 0.1) is 35.5 Å². The number of benzene rings is 2. The summed E-state index contributed by atoms with van der Waals surface area (Å²) in [5.41, 5.74) is 3.91. The number of aromatic nitrogens is 3. The van der Waals surface area contributed by atoms with Crippen molar-refractivity contribution >= 4 is 34.1 Å². The summed E-state index contributed by atoms with van der Waals surface area (Å²) < 4.78 is 19.7. The van der Waals surface area contributed by atoms with Gasteiger partial charge in [0.25, 0.3) is 0 Å². The van der Waals surface area contributed by atoms with Crippen molar-refractivity contribution in [1.29, 1.82) is 0 Å². The molecule has 0 aliphatic carbocycles. The monoisotopic (exact) mass is 463 g/mol. The van der Waals surface area contributed by atoms with Gasteiger partial charge in [0, 0.05) is 48.2 Å². The van der Waals surface area contributed by atoms with Gasteiger partial charge in [-0.2, -0.15) is 0 Å². The summed E-state index contributed by atoms with van der Waals surface area (Å²) in [6.07, 6.45) is 5.26. The molecule has 1 fully saturated rings. The molecule has 1 saturated heterocycles. The molecule has 1 N–H and O–H groups in total. The zero-order valence-corrected chi connectivity index (χ0v) is 18.9. The highest BCUT2D eigenvalue weighted by atomic mass is 35.5. The van der Waals surface area contributed by atoms with Gasteiger partial charge in [-0.1, -0.05) is 35.9 Å². The number of rotatable bonds is 5. The molecule has 1 atom stereocenters. The summed E-state index contributed by atoms with van der Waals surface area (Å²) in [5, 5.41) is 4.70. The van der Waals surface area contributed by atoms with Gasteiger partial charge in [-0.15, -0.1) is 0 Å². The van der Waals surface area contributed by atoms with Crippen molar-refractivity contribution in [3.05, 3.63) is 77.5 Å². The highest BCUT2D eigenvalue weighted by molar-refractivity contribution is 6.34. The maximum Gasteiger partial charge on any atom is 0.225 e. The molecule has 2 aromatic carbocycles. The second-order valence-corrected chi connectivity index (χ2v) is 8.38. The normalized spacial score (nSPS) is 14.9. The van der Waals surface area contributed by atoms with Crippen molar-refractivity contribution in [2.75, 3.05) is 36.5 Å². The lowest BCUT2D eigenvalue weighted by Gasteiger charge is -2.26. The molecule has 1 aliphatic rings. The summed E-state index contributed by atoms with van der Waals surface area (Å²) in [5.74, 6) is 0.443. The summed E-state index contributed by atoms with van der Waals surface area (Å²) >= 11 is 6.52. The van der Waals surface area contributed by atoms with E-state index < -0.39 is 0 Å². The fourth-order valence-corrected chi connectivity index (χ4v) is 4.22. The smallest absolute Gasteiger partial charge is 0.225 e. The van der Waals surface area contributed by atoms with E-state index in [9.17, 15) is 4.39 Å². The van der Waals surface area contributed by atoms with Crippen LogP contribution in [0.2, 0.25) is 5.02 Å². The minimum atomic E-state index is -0.283. The minimum Gasteiger partial charge on any atom is -0.378 e. The third kappa shape index (κ3) is 4.47. The predicted octanol–water partition coefficient (Wildman–Crippen LogP) is 5.49. The zero-order valence-electron chi connectivity index (χ0n) is 18.1. The molecule has 4 aromatic rings. The molecule has 5 rings (SSSR count). The summed E-state index contributed by atoms with van der Waals surface area (Å²) in [4.78, 5) is 15.7. The molecule has 168 valence electrons. The number of halogens is 2. The average Bonchev–Trinajstić information content (AvgIpc) is 2.86. The van der Waals surface area contributed by atoms with Crippen LogP contribution in [-0.4, -0.2) is 41.3 Å². The van der Waals surface area contributed by atoms with Gasteiger partial charge in [0.2, 0.25) is 5.95 Å². The van der Waals surface area contributed by atoms with E-state index in [1.165, 1.54) is 6.07 Å². The van der Waals surface area contributed by atoms with E-state index in [0.717, 1.165) is 35.1 Å². The highest BCUT2D eigenvalue weighted by Gasteiger charge is 2.16. The van der Waals surface area contributed by atoms with E-state index in [-0.39, 0.29) is 11.9 Å². The van der Waals surface area contributed by atoms with E-state index in [2.05, 4.69) is 25.2 Å². The Morgan fingerprint density at radius 2 is 1.76 bits per heavy atom. The standard InChI is InChI=1S/C25H23ClFN5O/c1-16(19-4-2-3-5-22(19)27)31-24-20-12-17(6-7-23(20)28-15-21(24)26)18-13-29-25(30-14-18)32-8-10-33-11-9-32/h2-7,12-16H,8-11H2,1H3,(H,28,31)/t16-/m1/s1. The molecule has 0 radical (unpaired) electrons. The van der Waals surface area contributed by atoms with E-state index in [1.807, 2.05) is 43.6 Å². The Morgan fingerprint density at radius 3 is 2.52 bits per heavy atom. The number of ether oxygens (including phenoxy) is 1. The average molecular weight is 464 g/mol. The first kappa shape index (κ1) is 21.6. The van der Waals surface area contributed by atoms with Crippen molar-refractivity contribution in [3.63, 3.8) is 0 Å². The van der Waals surface area contributed by atoms with Crippen molar-refractivity contribution < 1.29 is 9.13 Å². The Morgan fingerprint density at radius 1 is 1.00 bits per heavy atom. The number of morpholine rings is 1. The van der Waals surface area contributed by atoms with Gasteiger partial charge < -0.3 is 15.0 Å².